The number of furan rings is 1. The minimum Gasteiger partial charge on any atom is -0.455 e. The Bertz CT molecular complexity index is 2480. The molecule has 0 saturated heterocycles. The van der Waals surface area contributed by atoms with Gasteiger partial charge in [-0.25, -0.2) is 9.97 Å². The molecule has 0 spiro atoms. The van der Waals surface area contributed by atoms with Crippen molar-refractivity contribution in [1.82, 2.24) is 9.97 Å². The number of hydrogen-bond acceptors (Lipinski definition) is 3. The Kier molecular flexibility index (Phi) is 6.46. The molecule has 47 heavy (non-hydrogen) atoms. The summed E-state index contributed by atoms with van der Waals surface area (Å²) in [5.41, 5.74) is 11.3. The van der Waals surface area contributed by atoms with E-state index >= 15 is 0 Å². The zero-order valence-electron chi connectivity index (χ0n) is 25.5. The highest BCUT2D eigenvalue weighted by Gasteiger charge is 2.18. The summed E-state index contributed by atoms with van der Waals surface area (Å²) in [7, 11) is 0. The van der Waals surface area contributed by atoms with Gasteiger partial charge in [-0.15, -0.1) is 0 Å². The maximum absolute atomic E-state index is 6.70. The van der Waals surface area contributed by atoms with Crippen LogP contribution in [0.25, 0.3) is 88.9 Å². The largest absolute Gasteiger partial charge is 0.455 e. The lowest BCUT2D eigenvalue weighted by Gasteiger charge is -2.11. The van der Waals surface area contributed by atoms with Crippen LogP contribution in [-0.4, -0.2) is 9.97 Å². The van der Waals surface area contributed by atoms with E-state index in [1.807, 2.05) is 42.5 Å². The molecule has 7 aromatic carbocycles. The summed E-state index contributed by atoms with van der Waals surface area (Å²) in [6.45, 7) is 0. The Labute approximate surface area is 272 Å². The van der Waals surface area contributed by atoms with Crippen LogP contribution in [0.4, 0.5) is 0 Å². The molecule has 3 nitrogen and oxygen atoms in total. The number of para-hydroxylation sites is 1. The number of hydrogen-bond donors (Lipinski definition) is 0. The SMILES string of the molecule is c1ccc(-c2cc(-c3ccc(-c4cc5c6cccc(-c7ccccc7)c6oc5c5ccccc45)cc3)nc(-c3ccccc3)n2)cc1. The molecule has 0 atom stereocenters. The summed E-state index contributed by atoms with van der Waals surface area (Å²) in [6, 6.07) is 59.0. The van der Waals surface area contributed by atoms with E-state index in [1.165, 1.54) is 5.56 Å². The maximum atomic E-state index is 6.70. The van der Waals surface area contributed by atoms with Crippen molar-refractivity contribution in [2.75, 3.05) is 0 Å². The predicted molar refractivity (Wildman–Crippen MR) is 194 cm³/mol. The zero-order valence-corrected chi connectivity index (χ0v) is 25.5. The molecule has 9 aromatic rings. The first kappa shape index (κ1) is 27.0. The van der Waals surface area contributed by atoms with E-state index in [2.05, 4.69) is 127 Å². The van der Waals surface area contributed by atoms with Gasteiger partial charge in [-0.2, -0.15) is 0 Å². The van der Waals surface area contributed by atoms with Crippen LogP contribution < -0.4 is 0 Å². The van der Waals surface area contributed by atoms with E-state index < -0.39 is 0 Å². The van der Waals surface area contributed by atoms with Gasteiger partial charge in [0.15, 0.2) is 5.82 Å². The molecule has 2 heterocycles. The van der Waals surface area contributed by atoms with Crippen LogP contribution in [0.5, 0.6) is 0 Å². The van der Waals surface area contributed by atoms with Crippen molar-refractivity contribution in [3.05, 3.63) is 170 Å². The highest BCUT2D eigenvalue weighted by Crippen LogP contribution is 2.42. The van der Waals surface area contributed by atoms with Gasteiger partial charge < -0.3 is 4.42 Å². The Morgan fingerprint density at radius 2 is 0.809 bits per heavy atom. The summed E-state index contributed by atoms with van der Waals surface area (Å²) >= 11 is 0. The molecule has 0 fully saturated rings. The predicted octanol–water partition coefficient (Wildman–Crippen LogP) is 11.9. The highest BCUT2D eigenvalue weighted by atomic mass is 16.3. The molecule has 220 valence electrons. The lowest BCUT2D eigenvalue weighted by Crippen LogP contribution is -1.95. The number of rotatable bonds is 5. The molecule has 9 rings (SSSR count). The number of aromatic nitrogens is 2. The fraction of sp³-hybridized carbons (Fsp3) is 0. The van der Waals surface area contributed by atoms with Crippen LogP contribution in [0.15, 0.2) is 174 Å². The van der Waals surface area contributed by atoms with E-state index in [9.17, 15) is 0 Å². The van der Waals surface area contributed by atoms with Gasteiger partial charge in [-0.1, -0.05) is 158 Å². The summed E-state index contributed by atoms with van der Waals surface area (Å²) in [6.07, 6.45) is 0. The third-order valence-electron chi connectivity index (χ3n) is 8.91. The molecule has 0 radical (unpaired) electrons. The first-order chi connectivity index (χ1) is 23.3. The first-order valence-electron chi connectivity index (χ1n) is 15.8. The van der Waals surface area contributed by atoms with Crippen molar-refractivity contribution in [3.8, 4) is 56.2 Å². The lowest BCUT2D eigenvalue weighted by atomic mass is 9.94. The Morgan fingerprint density at radius 1 is 0.319 bits per heavy atom. The molecule has 0 aliphatic rings. The average molecular weight is 601 g/mol. The van der Waals surface area contributed by atoms with Crippen molar-refractivity contribution < 1.29 is 4.42 Å². The smallest absolute Gasteiger partial charge is 0.160 e. The van der Waals surface area contributed by atoms with Crippen molar-refractivity contribution in [1.29, 1.82) is 0 Å². The fourth-order valence-electron chi connectivity index (χ4n) is 6.59. The van der Waals surface area contributed by atoms with E-state index in [4.69, 9.17) is 14.4 Å². The Balaban J connectivity index is 1.19. The van der Waals surface area contributed by atoms with Gasteiger partial charge in [0, 0.05) is 38.4 Å². The van der Waals surface area contributed by atoms with Crippen LogP contribution in [0.2, 0.25) is 0 Å². The van der Waals surface area contributed by atoms with E-state index in [1.54, 1.807) is 0 Å². The van der Waals surface area contributed by atoms with Crippen LogP contribution in [-0.2, 0) is 0 Å². The molecule has 0 N–H and O–H groups in total. The Morgan fingerprint density at radius 3 is 1.49 bits per heavy atom. The van der Waals surface area contributed by atoms with Gasteiger partial charge in [-0.3, -0.25) is 0 Å². The van der Waals surface area contributed by atoms with Gasteiger partial charge in [0.1, 0.15) is 11.2 Å². The van der Waals surface area contributed by atoms with Gasteiger partial charge in [-0.05, 0) is 34.2 Å². The molecule has 0 aliphatic carbocycles. The molecule has 2 aromatic heterocycles. The molecule has 0 unspecified atom stereocenters. The second kappa shape index (κ2) is 11.2. The molecular formula is C44H28N2O. The summed E-state index contributed by atoms with van der Waals surface area (Å²) in [4.78, 5) is 9.98. The second-order valence-corrected chi connectivity index (χ2v) is 11.8. The molecule has 3 heteroatoms. The quantitative estimate of drug-likeness (QED) is 0.197. The molecular weight excluding hydrogens is 572 g/mol. The van der Waals surface area contributed by atoms with Crippen LogP contribution >= 0.6 is 0 Å². The standard InChI is InChI=1S/C44H28N2O/c1-4-13-29(14-5-1)34-21-12-22-37-39-27-38(35-19-10-11-20-36(35)43(39)47-42(34)37)30-23-25-32(26-24-30)41-28-40(31-15-6-2-7-16-31)45-44(46-41)33-17-8-3-9-18-33/h1-28H. The van der Waals surface area contributed by atoms with E-state index in [-0.39, 0.29) is 0 Å². The minimum atomic E-state index is 0.712. The number of fused-ring (bicyclic) bond motifs is 5. The highest BCUT2D eigenvalue weighted by molar-refractivity contribution is 6.20. The molecule has 0 saturated carbocycles. The zero-order chi connectivity index (χ0) is 31.2. The van der Waals surface area contributed by atoms with Crippen molar-refractivity contribution in [3.63, 3.8) is 0 Å². The minimum absolute atomic E-state index is 0.712. The van der Waals surface area contributed by atoms with E-state index in [0.717, 1.165) is 77.5 Å². The van der Waals surface area contributed by atoms with Gasteiger partial charge in [0.05, 0.1) is 11.4 Å². The fourth-order valence-corrected chi connectivity index (χ4v) is 6.59. The average Bonchev–Trinajstić information content (AvgIpc) is 3.55. The van der Waals surface area contributed by atoms with Crippen molar-refractivity contribution >= 4 is 32.7 Å². The summed E-state index contributed by atoms with van der Waals surface area (Å²) in [5.74, 6) is 0.712. The lowest BCUT2D eigenvalue weighted by molar-refractivity contribution is 0.674. The normalized spacial score (nSPS) is 11.4. The third-order valence-corrected chi connectivity index (χ3v) is 8.91. The van der Waals surface area contributed by atoms with Gasteiger partial charge in [0.25, 0.3) is 0 Å². The summed E-state index contributed by atoms with van der Waals surface area (Å²) in [5, 5.41) is 4.50. The molecule has 0 amide bonds. The first-order valence-corrected chi connectivity index (χ1v) is 15.8. The van der Waals surface area contributed by atoms with Crippen molar-refractivity contribution in [2.45, 2.75) is 0 Å². The molecule has 0 aliphatic heterocycles. The monoisotopic (exact) mass is 600 g/mol. The van der Waals surface area contributed by atoms with Crippen molar-refractivity contribution in [2.24, 2.45) is 0 Å². The molecule has 0 bridgehead atoms. The van der Waals surface area contributed by atoms with Crippen LogP contribution in [0, 0.1) is 0 Å². The van der Waals surface area contributed by atoms with Gasteiger partial charge >= 0.3 is 0 Å². The van der Waals surface area contributed by atoms with Gasteiger partial charge in [0.2, 0.25) is 0 Å². The van der Waals surface area contributed by atoms with Crippen LogP contribution in [0.1, 0.15) is 0 Å². The topological polar surface area (TPSA) is 38.9 Å². The second-order valence-electron chi connectivity index (χ2n) is 11.8. The number of benzene rings is 7. The van der Waals surface area contributed by atoms with Crippen LogP contribution in [0.3, 0.4) is 0 Å². The van der Waals surface area contributed by atoms with E-state index in [0.29, 0.717) is 5.82 Å². The number of nitrogens with zero attached hydrogens (tertiary/aromatic N) is 2. The third kappa shape index (κ3) is 4.77. The summed E-state index contributed by atoms with van der Waals surface area (Å²) < 4.78 is 6.70. The Hall–Kier alpha value is -6.32. The maximum Gasteiger partial charge on any atom is 0.160 e.